The van der Waals surface area contributed by atoms with Crippen molar-refractivity contribution in [2.45, 2.75) is 12.5 Å². The van der Waals surface area contributed by atoms with Gasteiger partial charge in [0.25, 0.3) is 11.7 Å². The first kappa shape index (κ1) is 20.5. The molecule has 0 aromatic heterocycles. The molecule has 1 fully saturated rings. The number of benzene rings is 2. The minimum absolute atomic E-state index is 0.0349. The maximum absolute atomic E-state index is 13.3. The van der Waals surface area contributed by atoms with E-state index in [-0.39, 0.29) is 23.4 Å². The fourth-order valence-electron chi connectivity index (χ4n) is 3.41. The summed E-state index contributed by atoms with van der Waals surface area (Å²) >= 11 is 0. The maximum atomic E-state index is 13.3. The van der Waals surface area contributed by atoms with E-state index in [1.807, 2.05) is 0 Å². The van der Waals surface area contributed by atoms with E-state index in [1.54, 1.807) is 31.4 Å². The van der Waals surface area contributed by atoms with E-state index in [0.29, 0.717) is 24.3 Å². The summed E-state index contributed by atoms with van der Waals surface area (Å²) in [5.41, 5.74) is 0.853. The van der Waals surface area contributed by atoms with Crippen molar-refractivity contribution in [3.05, 3.63) is 71.0 Å². The van der Waals surface area contributed by atoms with Crippen molar-refractivity contribution < 1.29 is 28.6 Å². The molecule has 1 amide bonds. The number of halogens is 1. The summed E-state index contributed by atoms with van der Waals surface area (Å²) in [6, 6.07) is 11.3. The third kappa shape index (κ3) is 4.14. The van der Waals surface area contributed by atoms with Crippen LogP contribution in [0.4, 0.5) is 4.39 Å². The van der Waals surface area contributed by atoms with Gasteiger partial charge in [0, 0.05) is 25.8 Å². The van der Waals surface area contributed by atoms with Crippen LogP contribution in [0, 0.1) is 5.82 Å². The highest BCUT2D eigenvalue weighted by molar-refractivity contribution is 6.46. The number of aliphatic hydroxyl groups is 1. The molecule has 6 nitrogen and oxygen atoms in total. The van der Waals surface area contributed by atoms with Crippen molar-refractivity contribution >= 4 is 17.4 Å². The van der Waals surface area contributed by atoms with Gasteiger partial charge in [-0.2, -0.15) is 0 Å². The molecule has 1 unspecified atom stereocenters. The number of nitrogens with zero attached hydrogens (tertiary/aromatic N) is 1. The number of rotatable bonds is 7. The molecule has 0 radical (unpaired) electrons. The van der Waals surface area contributed by atoms with Crippen LogP contribution in [0.1, 0.15) is 23.6 Å². The Kier molecular flexibility index (Phi) is 6.29. The highest BCUT2D eigenvalue weighted by Gasteiger charge is 2.45. The van der Waals surface area contributed by atoms with Crippen molar-refractivity contribution in [1.29, 1.82) is 0 Å². The molecule has 1 saturated heterocycles. The second kappa shape index (κ2) is 8.87. The molecule has 152 valence electrons. The van der Waals surface area contributed by atoms with Gasteiger partial charge in [0.2, 0.25) is 0 Å². The van der Waals surface area contributed by atoms with E-state index < -0.39 is 23.5 Å². The van der Waals surface area contributed by atoms with Gasteiger partial charge in [0.1, 0.15) is 17.3 Å². The van der Waals surface area contributed by atoms with Crippen LogP contribution in [0.5, 0.6) is 5.75 Å². The lowest BCUT2D eigenvalue weighted by atomic mass is 9.95. The van der Waals surface area contributed by atoms with Crippen LogP contribution in [-0.2, 0) is 14.3 Å². The Morgan fingerprint density at radius 2 is 1.86 bits per heavy atom. The summed E-state index contributed by atoms with van der Waals surface area (Å²) in [6.45, 7) is 0.701. The van der Waals surface area contributed by atoms with Crippen molar-refractivity contribution in [3.63, 3.8) is 0 Å². The fourth-order valence-corrected chi connectivity index (χ4v) is 3.41. The second-order valence-electron chi connectivity index (χ2n) is 6.62. The van der Waals surface area contributed by atoms with E-state index in [0.717, 1.165) is 0 Å². The standard InChI is InChI=1S/C22H22FNO5/c1-28-12-4-11-24-19(15-5-3-6-17(13-15)29-2)18(21(26)22(24)27)20(25)14-7-9-16(23)10-8-14/h3,5-10,13,19,25H,4,11-12H2,1-2H3/b20-18+. The molecule has 1 heterocycles. The number of aliphatic hydroxyl groups excluding tert-OH is 1. The van der Waals surface area contributed by atoms with Gasteiger partial charge in [-0.25, -0.2) is 4.39 Å². The Labute approximate surface area is 168 Å². The van der Waals surface area contributed by atoms with Gasteiger partial charge >= 0.3 is 0 Å². The summed E-state index contributed by atoms with van der Waals surface area (Å²) in [5, 5.41) is 10.8. The quantitative estimate of drug-likeness (QED) is 0.335. The van der Waals surface area contributed by atoms with E-state index in [9.17, 15) is 19.1 Å². The number of carbonyl (C=O) groups excluding carboxylic acids is 2. The van der Waals surface area contributed by atoms with Crippen molar-refractivity contribution in [3.8, 4) is 5.75 Å². The minimum Gasteiger partial charge on any atom is -0.507 e. The average molecular weight is 399 g/mol. The molecule has 1 atom stereocenters. The number of ketones is 1. The number of methoxy groups -OCH3 is 2. The third-order valence-electron chi connectivity index (χ3n) is 4.81. The van der Waals surface area contributed by atoms with Gasteiger partial charge in [0.15, 0.2) is 0 Å². The number of Topliss-reactive ketones (excluding diaryl/α,β-unsaturated/α-hetero) is 1. The molecule has 2 aromatic rings. The molecule has 7 heteroatoms. The van der Waals surface area contributed by atoms with E-state index in [1.165, 1.54) is 36.3 Å². The summed E-state index contributed by atoms with van der Waals surface area (Å²) < 4.78 is 23.6. The summed E-state index contributed by atoms with van der Waals surface area (Å²) in [6.07, 6.45) is 0.528. The van der Waals surface area contributed by atoms with E-state index >= 15 is 0 Å². The van der Waals surface area contributed by atoms with Gasteiger partial charge < -0.3 is 19.5 Å². The third-order valence-corrected chi connectivity index (χ3v) is 4.81. The molecule has 0 bridgehead atoms. The normalized spacial score (nSPS) is 18.3. The summed E-state index contributed by atoms with van der Waals surface area (Å²) in [7, 11) is 3.08. The molecular formula is C22H22FNO5. The molecule has 1 aliphatic rings. The van der Waals surface area contributed by atoms with Crippen LogP contribution >= 0.6 is 0 Å². The highest BCUT2D eigenvalue weighted by atomic mass is 19.1. The maximum Gasteiger partial charge on any atom is 0.295 e. The Hall–Kier alpha value is -3.19. The van der Waals surface area contributed by atoms with E-state index in [4.69, 9.17) is 9.47 Å². The molecule has 3 rings (SSSR count). The molecular weight excluding hydrogens is 377 g/mol. The molecule has 0 aliphatic carbocycles. The lowest BCUT2D eigenvalue weighted by Crippen LogP contribution is -2.31. The van der Waals surface area contributed by atoms with Crippen LogP contribution in [0.25, 0.3) is 5.76 Å². The van der Waals surface area contributed by atoms with Crippen LogP contribution < -0.4 is 4.74 Å². The number of carbonyl (C=O) groups is 2. The topological polar surface area (TPSA) is 76.1 Å². The Balaban J connectivity index is 2.12. The predicted molar refractivity (Wildman–Crippen MR) is 105 cm³/mol. The Morgan fingerprint density at radius 3 is 2.52 bits per heavy atom. The zero-order valence-electron chi connectivity index (χ0n) is 16.2. The lowest BCUT2D eigenvalue weighted by Gasteiger charge is -2.25. The van der Waals surface area contributed by atoms with Crippen LogP contribution in [0.2, 0.25) is 0 Å². The fraction of sp³-hybridized carbons (Fsp3) is 0.273. The van der Waals surface area contributed by atoms with Gasteiger partial charge in [-0.15, -0.1) is 0 Å². The Morgan fingerprint density at radius 1 is 1.14 bits per heavy atom. The summed E-state index contributed by atoms with van der Waals surface area (Å²) in [4.78, 5) is 27.0. The first-order valence-electron chi connectivity index (χ1n) is 9.15. The number of ether oxygens (including phenoxy) is 2. The highest BCUT2D eigenvalue weighted by Crippen LogP contribution is 2.40. The molecule has 0 spiro atoms. The van der Waals surface area contributed by atoms with Gasteiger partial charge in [-0.05, 0) is 48.4 Å². The zero-order valence-corrected chi connectivity index (χ0v) is 16.2. The monoisotopic (exact) mass is 399 g/mol. The van der Waals surface area contributed by atoms with Gasteiger partial charge in [-0.3, -0.25) is 9.59 Å². The van der Waals surface area contributed by atoms with Crippen LogP contribution in [-0.4, -0.2) is 49.1 Å². The van der Waals surface area contributed by atoms with Crippen LogP contribution in [0.3, 0.4) is 0 Å². The molecule has 1 N–H and O–H groups in total. The largest absolute Gasteiger partial charge is 0.507 e. The SMILES string of the molecule is COCCCN1C(=O)C(=O)/C(=C(/O)c2ccc(F)cc2)C1c1cccc(OC)c1. The molecule has 1 aliphatic heterocycles. The van der Waals surface area contributed by atoms with Crippen molar-refractivity contribution in [2.24, 2.45) is 0 Å². The zero-order chi connectivity index (χ0) is 21.0. The number of likely N-dealkylation sites (tertiary alicyclic amines) is 1. The van der Waals surface area contributed by atoms with Crippen LogP contribution in [0.15, 0.2) is 54.1 Å². The van der Waals surface area contributed by atoms with Gasteiger partial charge in [0.05, 0.1) is 18.7 Å². The minimum atomic E-state index is -0.785. The first-order chi connectivity index (χ1) is 14.0. The molecule has 2 aromatic carbocycles. The lowest BCUT2D eigenvalue weighted by molar-refractivity contribution is -0.140. The van der Waals surface area contributed by atoms with Crippen molar-refractivity contribution in [2.75, 3.05) is 27.4 Å². The number of hydrogen-bond acceptors (Lipinski definition) is 5. The van der Waals surface area contributed by atoms with Gasteiger partial charge in [-0.1, -0.05) is 12.1 Å². The number of amides is 1. The Bertz CT molecular complexity index is 938. The molecule has 29 heavy (non-hydrogen) atoms. The average Bonchev–Trinajstić information content (AvgIpc) is 2.99. The second-order valence-corrected chi connectivity index (χ2v) is 6.62. The smallest absolute Gasteiger partial charge is 0.295 e. The van der Waals surface area contributed by atoms with E-state index in [2.05, 4.69) is 0 Å². The summed E-state index contributed by atoms with van der Waals surface area (Å²) in [5.74, 6) is -1.72. The predicted octanol–water partition coefficient (Wildman–Crippen LogP) is 3.29. The first-order valence-corrected chi connectivity index (χ1v) is 9.15. The van der Waals surface area contributed by atoms with Crippen molar-refractivity contribution in [1.82, 2.24) is 4.90 Å². The molecule has 0 saturated carbocycles. The number of hydrogen-bond donors (Lipinski definition) is 1.